The average Bonchev–Trinajstić information content (AvgIpc) is 2.67. The van der Waals surface area contributed by atoms with E-state index in [1.54, 1.807) is 0 Å². The summed E-state index contributed by atoms with van der Waals surface area (Å²) in [6.45, 7) is 2.65. The van der Waals surface area contributed by atoms with Crippen LogP contribution >= 0.6 is 0 Å². The van der Waals surface area contributed by atoms with Gasteiger partial charge in [-0.25, -0.2) is 0 Å². The van der Waals surface area contributed by atoms with Crippen LogP contribution in [0.4, 0.5) is 0 Å². The van der Waals surface area contributed by atoms with Gasteiger partial charge >= 0.3 is 0 Å². The maximum atomic E-state index is 3.68. The molecule has 3 rings (SSSR count). The van der Waals surface area contributed by atoms with E-state index in [0.717, 1.165) is 19.6 Å². The fraction of sp³-hybridized carbons (Fsp3) is 0.182. The molecule has 0 saturated carbocycles. The molecule has 0 saturated heterocycles. The zero-order valence-corrected chi connectivity index (χ0v) is 13.9. The first kappa shape index (κ1) is 16.4. The van der Waals surface area contributed by atoms with Crippen molar-refractivity contribution in [3.05, 3.63) is 108 Å². The van der Waals surface area contributed by atoms with Crippen LogP contribution in [-0.4, -0.2) is 6.54 Å². The first-order valence-electron chi connectivity index (χ1n) is 8.49. The lowest BCUT2D eigenvalue weighted by Gasteiger charge is -2.20. The second kappa shape index (κ2) is 9.02. The minimum absolute atomic E-state index is 0.287. The highest BCUT2D eigenvalue weighted by Crippen LogP contribution is 2.13. The van der Waals surface area contributed by atoms with Gasteiger partial charge in [0.15, 0.2) is 0 Å². The monoisotopic (exact) mass is 316 g/mol. The Bertz CT molecular complexity index is 696. The lowest BCUT2D eigenvalue weighted by molar-refractivity contribution is 0.488. The van der Waals surface area contributed by atoms with Crippen molar-refractivity contribution < 1.29 is 0 Å². The molecule has 2 nitrogen and oxygen atoms in total. The molecule has 2 N–H and O–H groups in total. The summed E-state index contributed by atoms with van der Waals surface area (Å²) in [7, 11) is 0. The second-order valence-electron chi connectivity index (χ2n) is 5.95. The molecule has 0 unspecified atom stereocenters. The summed E-state index contributed by atoms with van der Waals surface area (Å²) in [6.07, 6.45) is 0. The molecular formula is C22H24N2. The summed E-state index contributed by atoms with van der Waals surface area (Å²) in [5.74, 6) is 0. The molecule has 3 aromatic rings. The van der Waals surface area contributed by atoms with E-state index in [1.165, 1.54) is 16.7 Å². The third-order valence-corrected chi connectivity index (χ3v) is 4.12. The van der Waals surface area contributed by atoms with Crippen molar-refractivity contribution in [2.45, 2.75) is 19.1 Å². The van der Waals surface area contributed by atoms with Gasteiger partial charge in [0.2, 0.25) is 0 Å². The summed E-state index contributed by atoms with van der Waals surface area (Å²) in [5.41, 5.74) is 3.93. The van der Waals surface area contributed by atoms with Crippen LogP contribution in [0.3, 0.4) is 0 Å². The minimum atomic E-state index is 0.287. The van der Waals surface area contributed by atoms with E-state index in [1.807, 2.05) is 0 Å². The summed E-state index contributed by atoms with van der Waals surface area (Å²) in [6, 6.07) is 32.0. The normalized spacial score (nSPS) is 12.0. The van der Waals surface area contributed by atoms with Gasteiger partial charge in [-0.05, 0) is 16.7 Å². The molecular weight excluding hydrogens is 292 g/mol. The second-order valence-corrected chi connectivity index (χ2v) is 5.95. The lowest BCUT2D eigenvalue weighted by Crippen LogP contribution is -2.31. The standard InChI is InChI=1S/C22H24N2/c1-4-10-19(11-5-1)16-23-18-22(21-14-8-3-9-15-21)24-17-20-12-6-2-7-13-20/h1-15,22-24H,16-18H2/t22-/m1/s1. The van der Waals surface area contributed by atoms with Crippen LogP contribution in [0.1, 0.15) is 22.7 Å². The Morgan fingerprint density at radius 2 is 1.08 bits per heavy atom. The smallest absolute Gasteiger partial charge is 0.0449 e. The highest BCUT2D eigenvalue weighted by molar-refractivity contribution is 5.21. The highest BCUT2D eigenvalue weighted by atomic mass is 15.0. The van der Waals surface area contributed by atoms with Crippen LogP contribution in [0, 0.1) is 0 Å². The van der Waals surface area contributed by atoms with E-state index < -0.39 is 0 Å². The fourth-order valence-electron chi connectivity index (χ4n) is 2.79. The first-order valence-corrected chi connectivity index (χ1v) is 8.49. The van der Waals surface area contributed by atoms with Crippen LogP contribution in [0.15, 0.2) is 91.0 Å². The zero-order valence-electron chi connectivity index (χ0n) is 13.9. The summed E-state index contributed by atoms with van der Waals surface area (Å²) < 4.78 is 0. The maximum absolute atomic E-state index is 3.68. The van der Waals surface area contributed by atoms with Gasteiger partial charge in [0, 0.05) is 25.7 Å². The van der Waals surface area contributed by atoms with Crippen molar-refractivity contribution in [1.82, 2.24) is 10.6 Å². The molecule has 122 valence electrons. The Morgan fingerprint density at radius 1 is 0.583 bits per heavy atom. The van der Waals surface area contributed by atoms with Crippen LogP contribution in [-0.2, 0) is 13.1 Å². The molecule has 2 heteroatoms. The van der Waals surface area contributed by atoms with Gasteiger partial charge < -0.3 is 10.6 Å². The van der Waals surface area contributed by atoms with Crippen molar-refractivity contribution in [2.75, 3.05) is 6.54 Å². The topological polar surface area (TPSA) is 24.1 Å². The summed E-state index contributed by atoms with van der Waals surface area (Å²) >= 11 is 0. The third kappa shape index (κ3) is 5.05. The summed E-state index contributed by atoms with van der Waals surface area (Å²) in [4.78, 5) is 0. The molecule has 0 spiro atoms. The van der Waals surface area contributed by atoms with Crippen LogP contribution in [0.25, 0.3) is 0 Å². The van der Waals surface area contributed by atoms with Gasteiger partial charge in [0.25, 0.3) is 0 Å². The molecule has 0 fully saturated rings. The SMILES string of the molecule is c1ccc(CNC[C@@H](NCc2ccccc2)c2ccccc2)cc1. The zero-order chi connectivity index (χ0) is 16.5. The largest absolute Gasteiger partial charge is 0.311 e. The number of rotatable bonds is 8. The molecule has 1 atom stereocenters. The van der Waals surface area contributed by atoms with E-state index in [0.29, 0.717) is 0 Å². The first-order chi connectivity index (χ1) is 11.9. The highest BCUT2D eigenvalue weighted by Gasteiger charge is 2.10. The van der Waals surface area contributed by atoms with Gasteiger partial charge in [-0.2, -0.15) is 0 Å². The van der Waals surface area contributed by atoms with Crippen LogP contribution in [0.2, 0.25) is 0 Å². The quantitative estimate of drug-likeness (QED) is 0.647. The van der Waals surface area contributed by atoms with Crippen LogP contribution < -0.4 is 10.6 Å². The Kier molecular flexibility index (Phi) is 6.18. The molecule has 0 aromatic heterocycles. The van der Waals surface area contributed by atoms with Gasteiger partial charge in [-0.15, -0.1) is 0 Å². The average molecular weight is 316 g/mol. The van der Waals surface area contributed by atoms with Crippen molar-refractivity contribution >= 4 is 0 Å². The predicted molar refractivity (Wildman–Crippen MR) is 101 cm³/mol. The molecule has 0 radical (unpaired) electrons. The fourth-order valence-corrected chi connectivity index (χ4v) is 2.79. The molecule has 0 heterocycles. The van der Waals surface area contributed by atoms with Crippen molar-refractivity contribution in [2.24, 2.45) is 0 Å². The Morgan fingerprint density at radius 3 is 1.67 bits per heavy atom. The number of hydrogen-bond acceptors (Lipinski definition) is 2. The molecule has 0 aliphatic carbocycles. The number of nitrogens with one attached hydrogen (secondary N) is 2. The van der Waals surface area contributed by atoms with Gasteiger partial charge in [-0.3, -0.25) is 0 Å². The Labute approximate surface area is 144 Å². The molecule has 0 aliphatic heterocycles. The number of hydrogen-bond donors (Lipinski definition) is 2. The predicted octanol–water partition coefficient (Wildman–Crippen LogP) is 4.31. The Hall–Kier alpha value is -2.42. The maximum Gasteiger partial charge on any atom is 0.0449 e. The van der Waals surface area contributed by atoms with E-state index >= 15 is 0 Å². The molecule has 0 aliphatic rings. The molecule has 24 heavy (non-hydrogen) atoms. The lowest BCUT2D eigenvalue weighted by atomic mass is 10.1. The van der Waals surface area contributed by atoms with E-state index in [-0.39, 0.29) is 6.04 Å². The van der Waals surface area contributed by atoms with E-state index in [9.17, 15) is 0 Å². The van der Waals surface area contributed by atoms with Gasteiger partial charge in [0.1, 0.15) is 0 Å². The minimum Gasteiger partial charge on any atom is -0.311 e. The van der Waals surface area contributed by atoms with Crippen LogP contribution in [0.5, 0.6) is 0 Å². The van der Waals surface area contributed by atoms with Gasteiger partial charge in [0.05, 0.1) is 0 Å². The van der Waals surface area contributed by atoms with Crippen molar-refractivity contribution in [1.29, 1.82) is 0 Å². The molecule has 0 amide bonds. The van der Waals surface area contributed by atoms with E-state index in [2.05, 4.69) is 102 Å². The van der Waals surface area contributed by atoms with E-state index in [4.69, 9.17) is 0 Å². The van der Waals surface area contributed by atoms with Gasteiger partial charge in [-0.1, -0.05) is 91.0 Å². The third-order valence-electron chi connectivity index (χ3n) is 4.12. The molecule has 0 bridgehead atoms. The Balaban J connectivity index is 1.59. The van der Waals surface area contributed by atoms with Crippen molar-refractivity contribution in [3.8, 4) is 0 Å². The molecule has 3 aromatic carbocycles. The summed E-state index contributed by atoms with van der Waals surface area (Å²) in [5, 5.41) is 7.25. The number of benzene rings is 3. The van der Waals surface area contributed by atoms with Crippen molar-refractivity contribution in [3.63, 3.8) is 0 Å².